The minimum Gasteiger partial charge on any atom is -0.352 e. The van der Waals surface area contributed by atoms with E-state index in [4.69, 9.17) is 0 Å². The molecule has 0 aliphatic carbocycles. The summed E-state index contributed by atoms with van der Waals surface area (Å²) in [5.41, 5.74) is 3.22. The zero-order valence-corrected chi connectivity index (χ0v) is 17.4. The highest BCUT2D eigenvalue weighted by atomic mass is 16.2. The molecule has 5 nitrogen and oxygen atoms in total. The molecule has 1 aliphatic heterocycles. The minimum absolute atomic E-state index is 0.190. The van der Waals surface area contributed by atoms with Gasteiger partial charge in [0.1, 0.15) is 0 Å². The first-order valence-corrected chi connectivity index (χ1v) is 10.6. The van der Waals surface area contributed by atoms with Gasteiger partial charge in [-0.05, 0) is 37.5 Å². The number of benzene rings is 1. The highest BCUT2D eigenvalue weighted by molar-refractivity contribution is 5.79. The van der Waals surface area contributed by atoms with Crippen molar-refractivity contribution in [1.82, 2.24) is 15.1 Å². The van der Waals surface area contributed by atoms with Crippen molar-refractivity contribution < 1.29 is 4.79 Å². The van der Waals surface area contributed by atoms with Gasteiger partial charge < -0.3 is 9.80 Å². The molecular weight excluding hydrogens is 348 g/mol. The molecule has 1 fully saturated rings. The van der Waals surface area contributed by atoms with Crippen LogP contribution in [0.4, 0.5) is 5.82 Å². The summed E-state index contributed by atoms with van der Waals surface area (Å²) in [7, 11) is 0. The van der Waals surface area contributed by atoms with Gasteiger partial charge >= 0.3 is 0 Å². The van der Waals surface area contributed by atoms with Gasteiger partial charge in [0.15, 0.2) is 5.82 Å². The summed E-state index contributed by atoms with van der Waals surface area (Å²) >= 11 is 0. The van der Waals surface area contributed by atoms with Crippen molar-refractivity contribution in [3.05, 3.63) is 42.0 Å². The van der Waals surface area contributed by atoms with Crippen LogP contribution in [0.25, 0.3) is 11.3 Å². The average Bonchev–Trinajstić information content (AvgIpc) is 2.74. The van der Waals surface area contributed by atoms with Crippen LogP contribution >= 0.6 is 0 Å². The van der Waals surface area contributed by atoms with Gasteiger partial charge in [0.05, 0.1) is 5.69 Å². The first-order valence-electron chi connectivity index (χ1n) is 10.6. The van der Waals surface area contributed by atoms with Gasteiger partial charge in [-0.3, -0.25) is 4.79 Å². The molecule has 5 heteroatoms. The van der Waals surface area contributed by atoms with Crippen molar-refractivity contribution in [2.24, 2.45) is 5.92 Å². The van der Waals surface area contributed by atoms with Crippen molar-refractivity contribution in [3.8, 4) is 11.3 Å². The van der Waals surface area contributed by atoms with Crippen LogP contribution in [0.2, 0.25) is 0 Å². The highest BCUT2D eigenvalue weighted by Gasteiger charge is 2.27. The maximum absolute atomic E-state index is 12.8. The molecule has 1 amide bonds. The van der Waals surface area contributed by atoms with Gasteiger partial charge in [-0.1, -0.05) is 51.0 Å². The van der Waals surface area contributed by atoms with Crippen LogP contribution in [0.1, 0.15) is 45.1 Å². The lowest BCUT2D eigenvalue weighted by Gasteiger charge is -2.36. The highest BCUT2D eigenvalue weighted by Crippen LogP contribution is 2.23. The third-order valence-electron chi connectivity index (χ3n) is 5.61. The summed E-state index contributed by atoms with van der Waals surface area (Å²) in [6, 6.07) is 12.3. The fourth-order valence-electron chi connectivity index (χ4n) is 4.00. The van der Waals surface area contributed by atoms with E-state index in [1.165, 1.54) is 5.56 Å². The van der Waals surface area contributed by atoms with Gasteiger partial charge in [0.2, 0.25) is 5.91 Å². The number of anilines is 1. The SMILES string of the molecule is CCCC(CCC)C(=O)N1CCN(c2ccc(-c3ccccc3C)nn2)CC1. The van der Waals surface area contributed by atoms with Crippen LogP contribution in [0.3, 0.4) is 0 Å². The number of amides is 1. The number of aromatic nitrogens is 2. The Morgan fingerprint density at radius 1 is 0.964 bits per heavy atom. The van der Waals surface area contributed by atoms with Crippen molar-refractivity contribution in [3.63, 3.8) is 0 Å². The van der Waals surface area contributed by atoms with E-state index >= 15 is 0 Å². The van der Waals surface area contributed by atoms with Crippen molar-refractivity contribution >= 4 is 11.7 Å². The van der Waals surface area contributed by atoms with Gasteiger partial charge in [-0.15, -0.1) is 10.2 Å². The molecule has 0 bridgehead atoms. The number of hydrogen-bond donors (Lipinski definition) is 0. The third-order valence-corrected chi connectivity index (χ3v) is 5.61. The summed E-state index contributed by atoms with van der Waals surface area (Å²) < 4.78 is 0. The van der Waals surface area contributed by atoms with E-state index in [9.17, 15) is 4.79 Å². The standard InChI is InChI=1S/C23H32N4O/c1-4-8-19(9-5-2)23(28)27-16-14-26(15-17-27)22-13-12-21(24-25-22)20-11-7-6-10-18(20)3/h6-7,10-13,19H,4-5,8-9,14-17H2,1-3H3. The Hall–Kier alpha value is -2.43. The minimum atomic E-state index is 0.190. The Bertz CT molecular complexity index is 760. The summed E-state index contributed by atoms with van der Waals surface area (Å²) in [4.78, 5) is 17.1. The predicted molar refractivity (Wildman–Crippen MR) is 114 cm³/mol. The zero-order chi connectivity index (χ0) is 19.9. The molecule has 0 radical (unpaired) electrons. The molecule has 28 heavy (non-hydrogen) atoms. The molecule has 2 heterocycles. The summed E-state index contributed by atoms with van der Waals surface area (Å²) in [6.45, 7) is 9.57. The van der Waals surface area contributed by atoms with Gasteiger partial charge in [-0.25, -0.2) is 0 Å². The van der Waals surface area contributed by atoms with Crippen LogP contribution in [0.15, 0.2) is 36.4 Å². The van der Waals surface area contributed by atoms with Crippen LogP contribution in [-0.4, -0.2) is 47.2 Å². The molecule has 3 rings (SSSR count). The largest absolute Gasteiger partial charge is 0.352 e. The Kier molecular flexibility index (Phi) is 7.01. The molecule has 0 spiro atoms. The summed E-state index contributed by atoms with van der Waals surface area (Å²) in [5, 5.41) is 8.90. The monoisotopic (exact) mass is 380 g/mol. The number of nitrogens with zero attached hydrogens (tertiary/aromatic N) is 4. The van der Waals surface area contributed by atoms with E-state index < -0.39 is 0 Å². The second-order valence-corrected chi connectivity index (χ2v) is 7.68. The normalized spacial score (nSPS) is 14.6. The number of piperazine rings is 1. The Morgan fingerprint density at radius 3 is 2.21 bits per heavy atom. The van der Waals surface area contributed by atoms with Crippen LogP contribution in [0.5, 0.6) is 0 Å². The fraction of sp³-hybridized carbons (Fsp3) is 0.522. The molecule has 0 atom stereocenters. The maximum atomic E-state index is 12.8. The van der Waals surface area contributed by atoms with Crippen LogP contribution in [0, 0.1) is 12.8 Å². The van der Waals surface area contributed by atoms with Crippen molar-refractivity contribution in [2.75, 3.05) is 31.1 Å². The topological polar surface area (TPSA) is 49.3 Å². The first kappa shape index (κ1) is 20.3. The Morgan fingerprint density at radius 2 is 1.64 bits per heavy atom. The maximum Gasteiger partial charge on any atom is 0.225 e. The van der Waals surface area contributed by atoms with Gasteiger partial charge in [-0.2, -0.15) is 0 Å². The zero-order valence-electron chi connectivity index (χ0n) is 17.4. The van der Waals surface area contributed by atoms with E-state index in [2.05, 4.69) is 48.0 Å². The second-order valence-electron chi connectivity index (χ2n) is 7.68. The first-order chi connectivity index (χ1) is 13.6. The fourth-order valence-corrected chi connectivity index (χ4v) is 4.00. The second kappa shape index (κ2) is 9.67. The number of aryl methyl sites for hydroxylation is 1. The lowest BCUT2D eigenvalue weighted by atomic mass is 9.96. The van der Waals surface area contributed by atoms with E-state index in [1.807, 2.05) is 29.2 Å². The molecule has 1 aliphatic rings. The molecule has 1 aromatic heterocycles. The number of hydrogen-bond acceptors (Lipinski definition) is 4. The summed E-state index contributed by atoms with van der Waals surface area (Å²) in [5.74, 6) is 1.42. The molecule has 0 N–H and O–H groups in total. The van der Waals surface area contributed by atoms with E-state index in [1.54, 1.807) is 0 Å². The number of rotatable bonds is 7. The van der Waals surface area contributed by atoms with Crippen molar-refractivity contribution in [2.45, 2.75) is 46.5 Å². The molecule has 1 saturated heterocycles. The predicted octanol–water partition coefficient (Wildman–Crippen LogP) is 4.32. The molecule has 1 aromatic carbocycles. The van der Waals surface area contributed by atoms with Crippen LogP contribution in [-0.2, 0) is 4.79 Å². The van der Waals surface area contributed by atoms with E-state index in [0.717, 1.165) is 68.9 Å². The number of carbonyl (C=O) groups is 1. The van der Waals surface area contributed by atoms with Crippen LogP contribution < -0.4 is 4.90 Å². The Labute approximate surface area is 168 Å². The van der Waals surface area contributed by atoms with Gasteiger partial charge in [0.25, 0.3) is 0 Å². The molecule has 0 saturated carbocycles. The average molecular weight is 381 g/mol. The number of carbonyl (C=O) groups excluding carboxylic acids is 1. The summed E-state index contributed by atoms with van der Waals surface area (Å²) in [6.07, 6.45) is 4.13. The lowest BCUT2D eigenvalue weighted by Crippen LogP contribution is -2.50. The molecule has 2 aromatic rings. The lowest BCUT2D eigenvalue weighted by molar-refractivity contribution is -0.136. The van der Waals surface area contributed by atoms with E-state index in [-0.39, 0.29) is 5.92 Å². The molecular formula is C23H32N4O. The third kappa shape index (κ3) is 4.70. The van der Waals surface area contributed by atoms with Gasteiger partial charge in [0, 0.05) is 37.7 Å². The quantitative estimate of drug-likeness (QED) is 0.718. The Balaban J connectivity index is 1.60. The smallest absolute Gasteiger partial charge is 0.225 e. The molecule has 0 unspecified atom stereocenters. The molecule has 150 valence electrons. The van der Waals surface area contributed by atoms with E-state index in [0.29, 0.717) is 5.91 Å². The van der Waals surface area contributed by atoms with Crippen molar-refractivity contribution in [1.29, 1.82) is 0 Å².